The molecule has 1 rings (SSSR count). The second kappa shape index (κ2) is 12.1. The highest BCUT2D eigenvalue weighted by molar-refractivity contribution is 5.75. The van der Waals surface area contributed by atoms with Crippen molar-refractivity contribution < 1.29 is 19.8 Å². The second-order valence-electron chi connectivity index (χ2n) is 7.55. The van der Waals surface area contributed by atoms with E-state index in [-0.39, 0.29) is 12.3 Å². The molecule has 0 fully saturated rings. The summed E-state index contributed by atoms with van der Waals surface area (Å²) in [5.41, 5.74) is -0.564. The monoisotopic (exact) mass is 352 g/mol. The van der Waals surface area contributed by atoms with Crippen molar-refractivity contribution >= 4 is 11.9 Å². The number of hydrogen-bond acceptors (Lipinski definition) is 2. The SMILES string of the molecule is CCCCCCC1(C(=O)O)CCC=CC1CCCCCCCC(=O)O. The highest BCUT2D eigenvalue weighted by Crippen LogP contribution is 2.45. The first-order valence-corrected chi connectivity index (χ1v) is 10.1. The van der Waals surface area contributed by atoms with Crippen LogP contribution >= 0.6 is 0 Å². The molecule has 144 valence electrons. The molecule has 0 heterocycles. The van der Waals surface area contributed by atoms with Crippen molar-refractivity contribution in [2.24, 2.45) is 11.3 Å². The smallest absolute Gasteiger partial charge is 0.310 e. The summed E-state index contributed by atoms with van der Waals surface area (Å²) >= 11 is 0. The van der Waals surface area contributed by atoms with E-state index >= 15 is 0 Å². The Morgan fingerprint density at radius 1 is 1.00 bits per heavy atom. The topological polar surface area (TPSA) is 74.6 Å². The van der Waals surface area contributed by atoms with Crippen LogP contribution in [0.25, 0.3) is 0 Å². The van der Waals surface area contributed by atoms with Crippen molar-refractivity contribution in [2.45, 2.75) is 96.8 Å². The molecule has 0 amide bonds. The fourth-order valence-electron chi connectivity index (χ4n) is 4.06. The molecule has 0 bridgehead atoms. The van der Waals surface area contributed by atoms with Gasteiger partial charge in [0.15, 0.2) is 0 Å². The van der Waals surface area contributed by atoms with E-state index in [1.807, 2.05) is 0 Å². The zero-order chi connectivity index (χ0) is 18.5. The molecule has 4 heteroatoms. The maximum absolute atomic E-state index is 12.1. The standard InChI is InChI=1S/C21H36O4/c1-2-3-4-11-16-21(20(24)25)17-12-10-14-18(21)13-8-6-5-7-9-15-19(22)23/h10,14,18H,2-9,11-13,15-17H2,1H3,(H,22,23)(H,24,25). The van der Waals surface area contributed by atoms with Crippen LogP contribution in [0.4, 0.5) is 0 Å². The third-order valence-corrected chi connectivity index (χ3v) is 5.64. The van der Waals surface area contributed by atoms with Gasteiger partial charge >= 0.3 is 11.9 Å². The predicted molar refractivity (Wildman–Crippen MR) is 101 cm³/mol. The lowest BCUT2D eigenvalue weighted by atomic mass is 9.64. The zero-order valence-electron chi connectivity index (χ0n) is 15.8. The van der Waals surface area contributed by atoms with Crippen LogP contribution in [0.15, 0.2) is 12.2 Å². The van der Waals surface area contributed by atoms with Crippen LogP contribution in [0.2, 0.25) is 0 Å². The van der Waals surface area contributed by atoms with Crippen molar-refractivity contribution in [3.63, 3.8) is 0 Å². The summed E-state index contributed by atoms with van der Waals surface area (Å²) in [5, 5.41) is 18.6. The largest absolute Gasteiger partial charge is 0.481 e. The van der Waals surface area contributed by atoms with E-state index < -0.39 is 17.4 Å². The van der Waals surface area contributed by atoms with E-state index in [1.54, 1.807) is 0 Å². The van der Waals surface area contributed by atoms with Crippen LogP contribution in [0.1, 0.15) is 96.8 Å². The van der Waals surface area contributed by atoms with Gasteiger partial charge in [-0.2, -0.15) is 0 Å². The first-order chi connectivity index (χ1) is 12.0. The zero-order valence-corrected chi connectivity index (χ0v) is 15.8. The molecule has 0 aromatic carbocycles. The van der Waals surface area contributed by atoms with Crippen LogP contribution in [0.3, 0.4) is 0 Å². The van der Waals surface area contributed by atoms with Gasteiger partial charge in [-0.05, 0) is 38.0 Å². The Morgan fingerprint density at radius 2 is 1.68 bits per heavy atom. The summed E-state index contributed by atoms with van der Waals surface area (Å²) in [7, 11) is 0. The van der Waals surface area contributed by atoms with Crippen molar-refractivity contribution in [1.29, 1.82) is 0 Å². The molecule has 0 radical (unpaired) electrons. The Labute approximate surface area is 152 Å². The summed E-state index contributed by atoms with van der Waals surface area (Å²) in [6.07, 6.45) is 17.3. The molecule has 2 atom stereocenters. The molecule has 0 saturated heterocycles. The Balaban J connectivity index is 2.43. The normalized spacial score (nSPS) is 22.8. The maximum atomic E-state index is 12.1. The lowest BCUT2D eigenvalue weighted by Crippen LogP contribution is -2.39. The van der Waals surface area contributed by atoms with E-state index in [2.05, 4.69) is 19.1 Å². The van der Waals surface area contributed by atoms with Crippen molar-refractivity contribution in [2.75, 3.05) is 0 Å². The Bertz CT molecular complexity index is 430. The molecule has 0 spiro atoms. The number of rotatable bonds is 14. The molecular weight excluding hydrogens is 316 g/mol. The van der Waals surface area contributed by atoms with Crippen LogP contribution in [-0.4, -0.2) is 22.2 Å². The van der Waals surface area contributed by atoms with Crippen LogP contribution in [0, 0.1) is 11.3 Å². The van der Waals surface area contributed by atoms with Crippen molar-refractivity contribution in [1.82, 2.24) is 0 Å². The average molecular weight is 353 g/mol. The third kappa shape index (κ3) is 7.62. The minimum atomic E-state index is -0.721. The Kier molecular flexibility index (Phi) is 10.5. The molecule has 0 aromatic heterocycles. The molecule has 1 aliphatic rings. The van der Waals surface area contributed by atoms with Crippen molar-refractivity contribution in [3.8, 4) is 0 Å². The first-order valence-electron chi connectivity index (χ1n) is 10.1. The number of hydrogen-bond donors (Lipinski definition) is 2. The predicted octanol–water partition coefficient (Wildman–Crippen LogP) is 5.81. The van der Waals surface area contributed by atoms with Gasteiger partial charge in [-0.3, -0.25) is 9.59 Å². The first kappa shape index (κ1) is 21.7. The van der Waals surface area contributed by atoms with E-state index in [1.165, 1.54) is 12.8 Å². The van der Waals surface area contributed by atoms with Gasteiger partial charge in [-0.1, -0.05) is 70.4 Å². The van der Waals surface area contributed by atoms with Gasteiger partial charge in [0.2, 0.25) is 0 Å². The average Bonchev–Trinajstić information content (AvgIpc) is 2.58. The van der Waals surface area contributed by atoms with Crippen LogP contribution in [0.5, 0.6) is 0 Å². The summed E-state index contributed by atoms with van der Waals surface area (Å²) < 4.78 is 0. The van der Waals surface area contributed by atoms with Crippen LogP contribution < -0.4 is 0 Å². The molecule has 1 aliphatic carbocycles. The van der Waals surface area contributed by atoms with Gasteiger partial charge in [0.1, 0.15) is 0 Å². The number of allylic oxidation sites excluding steroid dienone is 2. The van der Waals surface area contributed by atoms with Gasteiger partial charge in [0.05, 0.1) is 5.41 Å². The maximum Gasteiger partial charge on any atom is 0.310 e. The van der Waals surface area contributed by atoms with E-state index in [0.29, 0.717) is 0 Å². The van der Waals surface area contributed by atoms with E-state index in [0.717, 1.165) is 70.6 Å². The Hall–Kier alpha value is -1.32. The van der Waals surface area contributed by atoms with Crippen molar-refractivity contribution in [3.05, 3.63) is 12.2 Å². The number of carboxylic acids is 2. The highest BCUT2D eigenvalue weighted by atomic mass is 16.4. The van der Waals surface area contributed by atoms with Gasteiger partial charge in [0, 0.05) is 6.42 Å². The summed E-state index contributed by atoms with van der Waals surface area (Å²) in [6, 6.07) is 0. The molecule has 25 heavy (non-hydrogen) atoms. The quantitative estimate of drug-likeness (QED) is 0.305. The number of carboxylic acid groups (broad SMARTS) is 2. The number of aliphatic carboxylic acids is 2. The molecular formula is C21H36O4. The minimum Gasteiger partial charge on any atom is -0.481 e. The summed E-state index contributed by atoms with van der Waals surface area (Å²) in [6.45, 7) is 2.18. The van der Waals surface area contributed by atoms with Crippen LogP contribution in [-0.2, 0) is 9.59 Å². The fourth-order valence-corrected chi connectivity index (χ4v) is 4.06. The third-order valence-electron chi connectivity index (χ3n) is 5.64. The van der Waals surface area contributed by atoms with Gasteiger partial charge in [-0.15, -0.1) is 0 Å². The molecule has 0 aliphatic heterocycles. The highest BCUT2D eigenvalue weighted by Gasteiger charge is 2.44. The second-order valence-corrected chi connectivity index (χ2v) is 7.55. The molecule has 2 unspecified atom stereocenters. The number of unbranched alkanes of at least 4 members (excludes halogenated alkanes) is 7. The summed E-state index contributed by atoms with van der Waals surface area (Å²) in [5.74, 6) is -1.18. The minimum absolute atomic E-state index is 0.152. The Morgan fingerprint density at radius 3 is 2.36 bits per heavy atom. The fraction of sp³-hybridized carbons (Fsp3) is 0.810. The lowest BCUT2D eigenvalue weighted by molar-refractivity contribution is -0.153. The van der Waals surface area contributed by atoms with E-state index in [4.69, 9.17) is 5.11 Å². The van der Waals surface area contributed by atoms with Gasteiger partial charge < -0.3 is 10.2 Å². The van der Waals surface area contributed by atoms with Gasteiger partial charge in [-0.25, -0.2) is 0 Å². The molecule has 0 aromatic rings. The van der Waals surface area contributed by atoms with Gasteiger partial charge in [0.25, 0.3) is 0 Å². The van der Waals surface area contributed by atoms with E-state index in [9.17, 15) is 14.7 Å². The molecule has 4 nitrogen and oxygen atoms in total. The lowest BCUT2D eigenvalue weighted by Gasteiger charge is -2.38. The molecule has 0 saturated carbocycles. The number of carbonyl (C=O) groups is 2. The summed E-state index contributed by atoms with van der Waals surface area (Å²) in [4.78, 5) is 22.6. The molecule has 2 N–H and O–H groups in total.